The molecule has 3 rings (SSSR count). The maximum absolute atomic E-state index is 13.1. The predicted octanol–water partition coefficient (Wildman–Crippen LogP) is 2.45. The van der Waals surface area contributed by atoms with Gasteiger partial charge < -0.3 is 9.80 Å². The molecular weight excluding hydrogens is 298 g/mol. The molecule has 0 radical (unpaired) electrons. The fourth-order valence-electron chi connectivity index (χ4n) is 4.04. The first-order valence-electron chi connectivity index (χ1n) is 9.22. The average molecular weight is 329 g/mol. The third-order valence-corrected chi connectivity index (χ3v) is 5.36. The minimum absolute atomic E-state index is 0.0909. The maximum atomic E-state index is 13.1. The van der Waals surface area contributed by atoms with Crippen molar-refractivity contribution < 1.29 is 4.79 Å². The summed E-state index contributed by atoms with van der Waals surface area (Å²) in [6.45, 7) is 7.04. The highest BCUT2D eigenvalue weighted by molar-refractivity contribution is 5.86. The first-order valence-corrected chi connectivity index (χ1v) is 9.22. The monoisotopic (exact) mass is 329 g/mol. The molecule has 1 saturated carbocycles. The Hall–Kier alpha value is -1.39. The van der Waals surface area contributed by atoms with Crippen LogP contribution in [0.1, 0.15) is 31.7 Å². The molecule has 1 atom stereocenters. The van der Waals surface area contributed by atoms with Crippen LogP contribution in [0.4, 0.5) is 0 Å². The number of hydrogen-bond donors (Lipinski definition) is 0. The van der Waals surface area contributed by atoms with Gasteiger partial charge in [0.05, 0.1) is 5.41 Å². The molecule has 1 aliphatic carbocycles. The highest BCUT2D eigenvalue weighted by Crippen LogP contribution is 2.48. The number of benzene rings is 1. The molecule has 2 aliphatic rings. The van der Waals surface area contributed by atoms with Gasteiger partial charge in [0.25, 0.3) is 0 Å². The third-order valence-electron chi connectivity index (χ3n) is 5.36. The van der Waals surface area contributed by atoms with E-state index in [1.165, 1.54) is 5.56 Å². The molecule has 1 saturated heterocycles. The zero-order valence-corrected chi connectivity index (χ0v) is 15.4. The summed E-state index contributed by atoms with van der Waals surface area (Å²) < 4.78 is 0. The highest BCUT2D eigenvalue weighted by Gasteiger charge is 2.52. The van der Waals surface area contributed by atoms with Gasteiger partial charge in [0.1, 0.15) is 0 Å². The summed E-state index contributed by atoms with van der Waals surface area (Å²) in [5.74, 6) is 0.394. The number of amides is 1. The Kier molecular flexibility index (Phi) is 5.26. The Bertz CT molecular complexity index is 553. The van der Waals surface area contributed by atoms with Crippen LogP contribution in [-0.4, -0.2) is 66.9 Å². The van der Waals surface area contributed by atoms with Gasteiger partial charge in [-0.15, -0.1) is 0 Å². The molecule has 4 heteroatoms. The lowest BCUT2D eigenvalue weighted by Gasteiger charge is -2.33. The first-order chi connectivity index (χ1) is 11.5. The lowest BCUT2D eigenvalue weighted by atomic mass is 10.0. The topological polar surface area (TPSA) is 26.8 Å². The summed E-state index contributed by atoms with van der Waals surface area (Å²) in [5, 5.41) is 0. The zero-order chi connectivity index (χ0) is 17.2. The van der Waals surface area contributed by atoms with Gasteiger partial charge in [-0.05, 0) is 45.8 Å². The summed E-state index contributed by atoms with van der Waals surface area (Å²) in [5.41, 5.74) is 1.27. The van der Waals surface area contributed by atoms with Crippen molar-refractivity contribution in [3.63, 3.8) is 0 Å². The largest absolute Gasteiger partial charge is 0.338 e. The van der Waals surface area contributed by atoms with Crippen LogP contribution in [0.5, 0.6) is 0 Å². The Morgan fingerprint density at radius 2 is 1.92 bits per heavy atom. The van der Waals surface area contributed by atoms with Crippen molar-refractivity contribution in [1.82, 2.24) is 14.7 Å². The number of hydrogen-bond acceptors (Lipinski definition) is 3. The van der Waals surface area contributed by atoms with E-state index in [-0.39, 0.29) is 5.41 Å². The van der Waals surface area contributed by atoms with E-state index in [1.54, 1.807) is 0 Å². The van der Waals surface area contributed by atoms with E-state index in [0.717, 1.165) is 52.0 Å². The number of nitrogens with zero attached hydrogens (tertiary/aromatic N) is 3. The van der Waals surface area contributed by atoms with Crippen LogP contribution in [0.2, 0.25) is 0 Å². The van der Waals surface area contributed by atoms with E-state index in [4.69, 9.17) is 0 Å². The van der Waals surface area contributed by atoms with Crippen molar-refractivity contribution in [2.45, 2.75) is 38.8 Å². The molecule has 0 bridgehead atoms. The van der Waals surface area contributed by atoms with Gasteiger partial charge >= 0.3 is 0 Å². The van der Waals surface area contributed by atoms with E-state index in [1.807, 2.05) is 0 Å². The van der Waals surface area contributed by atoms with E-state index in [0.29, 0.717) is 11.9 Å². The highest BCUT2D eigenvalue weighted by atomic mass is 16.2. The molecule has 1 unspecified atom stereocenters. The third kappa shape index (κ3) is 3.98. The summed E-state index contributed by atoms with van der Waals surface area (Å²) in [6, 6.07) is 10.9. The SMILES string of the molecule is CC1CN(Cc2ccccc2)CCCN1C(=O)C1(CN(C)C)CC1. The number of carbonyl (C=O) groups excluding carboxylic acids is 1. The van der Waals surface area contributed by atoms with Gasteiger partial charge in [0.15, 0.2) is 0 Å². The molecule has 1 heterocycles. The van der Waals surface area contributed by atoms with E-state index < -0.39 is 0 Å². The van der Waals surface area contributed by atoms with Crippen LogP contribution in [0.25, 0.3) is 0 Å². The normalized spacial score (nSPS) is 24.0. The number of carbonyl (C=O) groups is 1. The molecule has 2 fully saturated rings. The fraction of sp³-hybridized carbons (Fsp3) is 0.650. The minimum Gasteiger partial charge on any atom is -0.338 e. The Balaban J connectivity index is 1.62. The van der Waals surface area contributed by atoms with Gasteiger partial charge in [0, 0.05) is 38.8 Å². The van der Waals surface area contributed by atoms with Gasteiger partial charge in [-0.3, -0.25) is 9.69 Å². The van der Waals surface area contributed by atoms with Crippen molar-refractivity contribution in [3.05, 3.63) is 35.9 Å². The average Bonchev–Trinajstić information content (AvgIpc) is 3.33. The van der Waals surface area contributed by atoms with Crippen LogP contribution >= 0.6 is 0 Å². The quantitative estimate of drug-likeness (QED) is 0.830. The Morgan fingerprint density at radius 1 is 1.21 bits per heavy atom. The van der Waals surface area contributed by atoms with E-state index in [2.05, 4.69) is 66.1 Å². The summed E-state index contributed by atoms with van der Waals surface area (Å²) >= 11 is 0. The zero-order valence-electron chi connectivity index (χ0n) is 15.4. The Labute approximate surface area is 146 Å². The van der Waals surface area contributed by atoms with Crippen LogP contribution in [-0.2, 0) is 11.3 Å². The molecule has 1 aromatic rings. The van der Waals surface area contributed by atoms with Crippen molar-refractivity contribution in [1.29, 1.82) is 0 Å². The van der Waals surface area contributed by atoms with Crippen LogP contribution in [0.3, 0.4) is 0 Å². The molecule has 0 aromatic heterocycles. The summed E-state index contributed by atoms with van der Waals surface area (Å²) in [7, 11) is 4.14. The standard InChI is InChI=1S/C20H31N3O/c1-17-14-22(15-18-8-5-4-6-9-18)12-7-13-23(17)19(24)20(10-11-20)16-21(2)3/h4-6,8-9,17H,7,10-16H2,1-3H3. The van der Waals surface area contributed by atoms with Gasteiger partial charge in [-0.2, -0.15) is 0 Å². The van der Waals surface area contributed by atoms with E-state index in [9.17, 15) is 4.79 Å². The lowest BCUT2D eigenvalue weighted by molar-refractivity contribution is -0.139. The molecular formula is C20H31N3O. The fourth-order valence-corrected chi connectivity index (χ4v) is 4.04. The van der Waals surface area contributed by atoms with Crippen molar-refractivity contribution >= 4 is 5.91 Å². The van der Waals surface area contributed by atoms with Crippen LogP contribution in [0, 0.1) is 5.41 Å². The molecule has 1 aromatic carbocycles. The van der Waals surface area contributed by atoms with Gasteiger partial charge in [-0.1, -0.05) is 30.3 Å². The molecule has 132 valence electrons. The molecule has 1 amide bonds. The first kappa shape index (κ1) is 17.4. The summed E-state index contributed by atoms with van der Waals surface area (Å²) in [6.07, 6.45) is 3.18. The summed E-state index contributed by atoms with van der Waals surface area (Å²) in [4.78, 5) is 20.0. The van der Waals surface area contributed by atoms with Crippen LogP contribution < -0.4 is 0 Å². The molecule has 0 spiro atoms. The maximum Gasteiger partial charge on any atom is 0.230 e. The predicted molar refractivity (Wildman–Crippen MR) is 97.7 cm³/mol. The van der Waals surface area contributed by atoms with Crippen molar-refractivity contribution in [3.8, 4) is 0 Å². The van der Waals surface area contributed by atoms with Gasteiger partial charge in [0.2, 0.25) is 5.91 Å². The molecule has 1 aliphatic heterocycles. The minimum atomic E-state index is -0.0909. The van der Waals surface area contributed by atoms with Crippen molar-refractivity contribution in [2.75, 3.05) is 40.3 Å². The van der Waals surface area contributed by atoms with Gasteiger partial charge in [-0.25, -0.2) is 0 Å². The smallest absolute Gasteiger partial charge is 0.230 e. The van der Waals surface area contributed by atoms with Crippen LogP contribution in [0.15, 0.2) is 30.3 Å². The Morgan fingerprint density at radius 3 is 2.54 bits per heavy atom. The second-order valence-electron chi connectivity index (χ2n) is 7.94. The molecule has 0 N–H and O–H groups in total. The second-order valence-corrected chi connectivity index (χ2v) is 7.94. The lowest BCUT2D eigenvalue weighted by Crippen LogP contribution is -2.47. The van der Waals surface area contributed by atoms with Crippen molar-refractivity contribution in [2.24, 2.45) is 5.41 Å². The second kappa shape index (κ2) is 7.24. The molecule has 24 heavy (non-hydrogen) atoms. The number of rotatable bonds is 5. The van der Waals surface area contributed by atoms with E-state index >= 15 is 0 Å². The molecule has 4 nitrogen and oxygen atoms in total.